The number of anilines is 1. The molecule has 2 aliphatic heterocycles. The topological polar surface area (TPSA) is 57.0 Å². The first-order chi connectivity index (χ1) is 12.1. The number of pyridine rings is 1. The molecule has 2 aliphatic rings. The van der Waals surface area contributed by atoms with Gasteiger partial charge in [-0.25, -0.2) is 14.3 Å². The van der Waals surface area contributed by atoms with E-state index in [2.05, 4.69) is 23.2 Å². The van der Waals surface area contributed by atoms with Crippen LogP contribution in [-0.4, -0.2) is 70.7 Å². The Bertz CT molecular complexity index is 764. The highest BCUT2D eigenvalue weighted by molar-refractivity contribution is 5.74. The van der Waals surface area contributed by atoms with Crippen molar-refractivity contribution in [2.75, 3.05) is 45.2 Å². The monoisotopic (exact) mass is 342 g/mol. The van der Waals surface area contributed by atoms with Crippen molar-refractivity contribution in [3.63, 3.8) is 0 Å². The summed E-state index contributed by atoms with van der Waals surface area (Å²) in [6, 6.07) is 4.27. The molecule has 4 rings (SSSR count). The van der Waals surface area contributed by atoms with Gasteiger partial charge in [0, 0.05) is 46.2 Å². The number of urea groups is 1. The van der Waals surface area contributed by atoms with Crippen molar-refractivity contribution in [2.45, 2.75) is 31.6 Å². The van der Waals surface area contributed by atoms with Crippen molar-refractivity contribution in [3.05, 3.63) is 24.2 Å². The van der Waals surface area contributed by atoms with Gasteiger partial charge in [-0.3, -0.25) is 0 Å². The van der Waals surface area contributed by atoms with Crippen LogP contribution in [0.15, 0.2) is 18.3 Å². The van der Waals surface area contributed by atoms with Gasteiger partial charge in [0.05, 0.1) is 11.9 Å². The van der Waals surface area contributed by atoms with Crippen molar-refractivity contribution in [3.8, 4) is 0 Å². The molecule has 2 amide bonds. The Hall–Kier alpha value is -2.31. The summed E-state index contributed by atoms with van der Waals surface area (Å²) in [4.78, 5) is 22.9. The summed E-state index contributed by atoms with van der Waals surface area (Å²) in [6.07, 6.45) is 6.64. The van der Waals surface area contributed by atoms with E-state index in [1.54, 1.807) is 19.0 Å². The number of amides is 2. The maximum atomic E-state index is 12.2. The molecule has 0 spiro atoms. The molecule has 0 aliphatic carbocycles. The molecule has 2 aromatic heterocycles. The van der Waals surface area contributed by atoms with Gasteiger partial charge in [0.1, 0.15) is 0 Å². The fourth-order valence-electron chi connectivity index (χ4n) is 3.87. The van der Waals surface area contributed by atoms with Crippen molar-refractivity contribution in [1.82, 2.24) is 24.4 Å². The Balaban J connectivity index is 1.55. The molecule has 0 aromatic carbocycles. The Morgan fingerprint density at radius 2 is 1.96 bits per heavy atom. The van der Waals surface area contributed by atoms with Crippen LogP contribution in [0, 0.1) is 0 Å². The fraction of sp³-hybridized carbons (Fsp3) is 0.611. The number of carbonyl (C=O) groups is 1. The van der Waals surface area contributed by atoms with Gasteiger partial charge in [0.25, 0.3) is 0 Å². The molecule has 0 radical (unpaired) electrons. The Kier molecular flexibility index (Phi) is 4.23. The summed E-state index contributed by atoms with van der Waals surface area (Å²) >= 11 is 0. The normalized spacial score (nSPS) is 21.1. The second-order valence-electron chi connectivity index (χ2n) is 7.32. The van der Waals surface area contributed by atoms with Crippen LogP contribution in [0.2, 0.25) is 0 Å². The van der Waals surface area contributed by atoms with E-state index in [1.165, 1.54) is 18.5 Å². The number of piperidine rings is 1. The summed E-state index contributed by atoms with van der Waals surface area (Å²) in [5.74, 6) is 1.07. The molecular weight excluding hydrogens is 316 g/mol. The standard InChI is InChI=1S/C18H26N6O/c1-21(2)18(25)23-11-5-6-14(12-23)17-19-16-8-7-15(13-24(16)20-17)22-9-3-4-10-22/h7-8,13-14H,3-6,9-12H2,1-2H3. The summed E-state index contributed by atoms with van der Waals surface area (Å²) in [6.45, 7) is 3.77. The van der Waals surface area contributed by atoms with E-state index < -0.39 is 0 Å². The minimum absolute atomic E-state index is 0.0739. The van der Waals surface area contributed by atoms with E-state index in [1.807, 2.05) is 9.42 Å². The molecular formula is C18H26N6O. The van der Waals surface area contributed by atoms with Crippen LogP contribution in [0.3, 0.4) is 0 Å². The minimum Gasteiger partial charge on any atom is -0.370 e. The highest BCUT2D eigenvalue weighted by atomic mass is 16.2. The first kappa shape index (κ1) is 16.2. The van der Waals surface area contributed by atoms with Gasteiger partial charge in [-0.2, -0.15) is 5.10 Å². The molecule has 1 unspecified atom stereocenters. The second kappa shape index (κ2) is 6.54. The molecule has 25 heavy (non-hydrogen) atoms. The minimum atomic E-state index is 0.0739. The van der Waals surface area contributed by atoms with E-state index in [0.29, 0.717) is 6.54 Å². The third kappa shape index (κ3) is 3.15. The van der Waals surface area contributed by atoms with Crippen molar-refractivity contribution >= 4 is 17.4 Å². The van der Waals surface area contributed by atoms with Crippen LogP contribution < -0.4 is 4.90 Å². The number of nitrogens with zero attached hydrogens (tertiary/aromatic N) is 6. The average molecular weight is 342 g/mol. The van der Waals surface area contributed by atoms with Crippen LogP contribution in [0.25, 0.3) is 5.65 Å². The lowest BCUT2D eigenvalue weighted by Crippen LogP contribution is -2.44. The highest BCUT2D eigenvalue weighted by Crippen LogP contribution is 2.26. The zero-order chi connectivity index (χ0) is 17.4. The van der Waals surface area contributed by atoms with E-state index in [9.17, 15) is 4.79 Å². The molecule has 0 N–H and O–H groups in total. The first-order valence-corrected chi connectivity index (χ1v) is 9.19. The predicted octanol–water partition coefficient (Wildman–Crippen LogP) is 2.19. The molecule has 134 valence electrons. The summed E-state index contributed by atoms with van der Waals surface area (Å²) < 4.78 is 1.90. The summed E-state index contributed by atoms with van der Waals surface area (Å²) in [5.41, 5.74) is 2.10. The van der Waals surface area contributed by atoms with Crippen molar-refractivity contribution < 1.29 is 4.79 Å². The third-order valence-electron chi connectivity index (χ3n) is 5.24. The van der Waals surface area contributed by atoms with Gasteiger partial charge < -0.3 is 14.7 Å². The van der Waals surface area contributed by atoms with Gasteiger partial charge in [0.15, 0.2) is 11.5 Å². The largest absolute Gasteiger partial charge is 0.370 e. The lowest BCUT2D eigenvalue weighted by atomic mass is 9.98. The molecule has 0 bridgehead atoms. The van der Waals surface area contributed by atoms with E-state index in [-0.39, 0.29) is 11.9 Å². The van der Waals surface area contributed by atoms with Gasteiger partial charge in [0.2, 0.25) is 0 Å². The maximum absolute atomic E-state index is 12.2. The van der Waals surface area contributed by atoms with Crippen LogP contribution >= 0.6 is 0 Å². The Morgan fingerprint density at radius 1 is 1.16 bits per heavy atom. The molecule has 1 atom stereocenters. The van der Waals surface area contributed by atoms with Crippen molar-refractivity contribution in [2.24, 2.45) is 0 Å². The zero-order valence-electron chi connectivity index (χ0n) is 15.1. The molecule has 7 heteroatoms. The predicted molar refractivity (Wildman–Crippen MR) is 97.1 cm³/mol. The van der Waals surface area contributed by atoms with E-state index in [4.69, 9.17) is 10.1 Å². The lowest BCUT2D eigenvalue weighted by Gasteiger charge is -2.33. The molecule has 7 nitrogen and oxygen atoms in total. The van der Waals surface area contributed by atoms with Gasteiger partial charge in [-0.05, 0) is 37.8 Å². The Labute approximate surface area is 148 Å². The molecule has 2 aromatic rings. The van der Waals surface area contributed by atoms with Gasteiger partial charge in [-0.15, -0.1) is 0 Å². The van der Waals surface area contributed by atoms with E-state index >= 15 is 0 Å². The number of fused-ring (bicyclic) bond motifs is 1. The van der Waals surface area contributed by atoms with E-state index in [0.717, 1.165) is 43.9 Å². The zero-order valence-corrected chi connectivity index (χ0v) is 15.1. The Morgan fingerprint density at radius 3 is 2.72 bits per heavy atom. The van der Waals surface area contributed by atoms with Crippen LogP contribution in [0.5, 0.6) is 0 Å². The van der Waals surface area contributed by atoms with Crippen molar-refractivity contribution in [1.29, 1.82) is 0 Å². The molecule has 2 saturated heterocycles. The number of likely N-dealkylation sites (tertiary alicyclic amines) is 1. The number of aromatic nitrogens is 3. The summed E-state index contributed by atoms with van der Waals surface area (Å²) in [7, 11) is 3.60. The van der Waals surface area contributed by atoms with Crippen LogP contribution in [-0.2, 0) is 0 Å². The number of hydrogen-bond acceptors (Lipinski definition) is 4. The SMILES string of the molecule is CN(C)C(=O)N1CCCC(c2nc3ccc(N4CCCC4)cn3n2)C1. The molecule has 0 saturated carbocycles. The second-order valence-corrected chi connectivity index (χ2v) is 7.32. The number of rotatable bonds is 2. The van der Waals surface area contributed by atoms with Crippen LogP contribution in [0.1, 0.15) is 37.4 Å². The summed E-state index contributed by atoms with van der Waals surface area (Å²) in [5, 5.41) is 4.73. The quantitative estimate of drug-likeness (QED) is 0.839. The highest BCUT2D eigenvalue weighted by Gasteiger charge is 2.28. The number of hydrogen-bond donors (Lipinski definition) is 0. The molecule has 2 fully saturated rings. The lowest BCUT2D eigenvalue weighted by molar-refractivity contribution is 0.153. The smallest absolute Gasteiger partial charge is 0.319 e. The first-order valence-electron chi connectivity index (χ1n) is 9.19. The van der Waals surface area contributed by atoms with Gasteiger partial charge >= 0.3 is 6.03 Å². The fourth-order valence-corrected chi connectivity index (χ4v) is 3.87. The number of carbonyl (C=O) groups excluding carboxylic acids is 1. The van der Waals surface area contributed by atoms with Gasteiger partial charge in [-0.1, -0.05) is 0 Å². The maximum Gasteiger partial charge on any atom is 0.319 e. The molecule has 4 heterocycles. The third-order valence-corrected chi connectivity index (χ3v) is 5.24. The average Bonchev–Trinajstić information content (AvgIpc) is 3.29. The van der Waals surface area contributed by atoms with Crippen LogP contribution in [0.4, 0.5) is 10.5 Å².